The van der Waals surface area contributed by atoms with Gasteiger partial charge in [0, 0.05) is 0 Å². The highest BCUT2D eigenvalue weighted by Gasteiger charge is 2.18. The molecule has 0 unspecified atom stereocenters. The molecule has 0 saturated heterocycles. The Hall–Kier alpha value is -1.40. The van der Waals surface area contributed by atoms with E-state index in [-0.39, 0.29) is 18.3 Å². The first-order valence-corrected chi connectivity index (χ1v) is 5.72. The number of carbonyl (C=O) groups is 1. The van der Waals surface area contributed by atoms with Crippen molar-refractivity contribution >= 4 is 28.9 Å². The Balaban J connectivity index is 2.26. The number of aromatic nitrogens is 2. The van der Waals surface area contributed by atoms with Gasteiger partial charge in [0.05, 0.1) is 11.6 Å². The zero-order valence-corrected chi connectivity index (χ0v) is 9.84. The smallest absolute Gasteiger partial charge is 0.379 e. The normalized spacial score (nSPS) is 10.4. The summed E-state index contributed by atoms with van der Waals surface area (Å²) in [6.45, 7) is 1.97. The Morgan fingerprint density at radius 1 is 1.69 bits per heavy atom. The molecule has 2 rings (SSSR count). The van der Waals surface area contributed by atoms with Crippen molar-refractivity contribution in [3.05, 3.63) is 22.3 Å². The molecule has 0 aliphatic heterocycles. The van der Waals surface area contributed by atoms with E-state index in [1.54, 1.807) is 18.4 Å². The van der Waals surface area contributed by atoms with Crippen LogP contribution in [0.15, 0.2) is 16.0 Å². The van der Waals surface area contributed by atoms with Crippen molar-refractivity contribution in [2.24, 2.45) is 0 Å². The number of hydrogen-bond donors (Lipinski definition) is 0. The van der Waals surface area contributed by atoms with Crippen LogP contribution < -0.4 is 0 Å². The fourth-order valence-corrected chi connectivity index (χ4v) is 2.10. The van der Waals surface area contributed by atoms with E-state index >= 15 is 0 Å². The molecule has 0 aliphatic carbocycles. The summed E-state index contributed by atoms with van der Waals surface area (Å²) >= 11 is 7.25. The molecule has 0 spiro atoms. The van der Waals surface area contributed by atoms with Gasteiger partial charge in [0.15, 0.2) is 0 Å². The monoisotopic (exact) mass is 258 g/mol. The highest BCUT2D eigenvalue weighted by Crippen LogP contribution is 2.31. The van der Waals surface area contributed by atoms with Crippen LogP contribution in [0.4, 0.5) is 0 Å². The number of hydrogen-bond acceptors (Lipinski definition) is 6. The first-order chi connectivity index (χ1) is 7.72. The molecule has 0 fully saturated rings. The molecular weight excluding hydrogens is 252 g/mol. The van der Waals surface area contributed by atoms with Crippen molar-refractivity contribution in [2.75, 3.05) is 6.61 Å². The molecule has 0 bridgehead atoms. The molecule has 0 radical (unpaired) electrons. The predicted octanol–water partition coefficient (Wildman–Crippen LogP) is 2.63. The van der Waals surface area contributed by atoms with E-state index in [4.69, 9.17) is 20.9 Å². The van der Waals surface area contributed by atoms with Crippen LogP contribution >= 0.6 is 22.9 Å². The van der Waals surface area contributed by atoms with E-state index in [2.05, 4.69) is 10.1 Å². The molecule has 84 valence electrons. The summed E-state index contributed by atoms with van der Waals surface area (Å²) in [6, 6.07) is 1.72. The van der Waals surface area contributed by atoms with Crippen LogP contribution in [0, 0.1) is 0 Å². The molecule has 2 heterocycles. The number of rotatable bonds is 3. The van der Waals surface area contributed by atoms with Crippen LogP contribution in [-0.2, 0) is 4.74 Å². The van der Waals surface area contributed by atoms with E-state index in [9.17, 15) is 4.79 Å². The number of esters is 1. The highest BCUT2D eigenvalue weighted by molar-refractivity contribution is 7.14. The van der Waals surface area contributed by atoms with E-state index in [0.29, 0.717) is 9.90 Å². The van der Waals surface area contributed by atoms with Crippen LogP contribution in [-0.4, -0.2) is 22.7 Å². The lowest BCUT2D eigenvalue weighted by molar-refractivity contribution is 0.0508. The Morgan fingerprint density at radius 2 is 2.50 bits per heavy atom. The molecular formula is C9H7ClN2O3S. The Bertz CT molecular complexity index is 508. The van der Waals surface area contributed by atoms with E-state index in [1.165, 1.54) is 11.3 Å². The third-order valence-corrected chi connectivity index (χ3v) is 3.02. The molecule has 2 aromatic heterocycles. The first kappa shape index (κ1) is 11.1. The van der Waals surface area contributed by atoms with Crippen molar-refractivity contribution in [1.82, 2.24) is 10.1 Å². The SMILES string of the molecule is CCOC(=O)c1noc(-c2sccc2Cl)n1. The second-order valence-corrected chi connectivity index (χ2v) is 4.06. The van der Waals surface area contributed by atoms with Gasteiger partial charge in [-0.2, -0.15) is 4.98 Å². The molecule has 0 atom stereocenters. The zero-order chi connectivity index (χ0) is 11.5. The van der Waals surface area contributed by atoms with Gasteiger partial charge in [0.1, 0.15) is 4.88 Å². The van der Waals surface area contributed by atoms with E-state index in [1.807, 2.05) is 0 Å². The summed E-state index contributed by atoms with van der Waals surface area (Å²) in [7, 11) is 0. The topological polar surface area (TPSA) is 65.2 Å². The van der Waals surface area contributed by atoms with Gasteiger partial charge in [-0.05, 0) is 23.5 Å². The molecule has 16 heavy (non-hydrogen) atoms. The Morgan fingerprint density at radius 3 is 3.12 bits per heavy atom. The van der Waals surface area contributed by atoms with Crippen molar-refractivity contribution in [3.63, 3.8) is 0 Å². The predicted molar refractivity (Wildman–Crippen MR) is 58.6 cm³/mol. The molecule has 0 aromatic carbocycles. The Labute approximate surface area is 100.0 Å². The summed E-state index contributed by atoms with van der Waals surface area (Å²) in [5.41, 5.74) is 0. The zero-order valence-electron chi connectivity index (χ0n) is 8.27. The van der Waals surface area contributed by atoms with Crippen LogP contribution in [0.2, 0.25) is 5.02 Å². The van der Waals surface area contributed by atoms with E-state index in [0.717, 1.165) is 0 Å². The van der Waals surface area contributed by atoms with Crippen molar-refractivity contribution < 1.29 is 14.1 Å². The number of halogens is 1. The lowest BCUT2D eigenvalue weighted by Gasteiger charge is -1.93. The second kappa shape index (κ2) is 4.63. The summed E-state index contributed by atoms with van der Waals surface area (Å²) in [4.78, 5) is 15.8. The molecule has 0 saturated carbocycles. The number of ether oxygens (including phenoxy) is 1. The summed E-state index contributed by atoms with van der Waals surface area (Å²) in [6.07, 6.45) is 0. The molecule has 5 nitrogen and oxygen atoms in total. The van der Waals surface area contributed by atoms with Gasteiger partial charge in [-0.1, -0.05) is 11.6 Å². The lowest BCUT2D eigenvalue weighted by atomic mass is 10.4. The van der Waals surface area contributed by atoms with Crippen LogP contribution in [0.1, 0.15) is 17.5 Å². The van der Waals surface area contributed by atoms with Gasteiger partial charge in [-0.3, -0.25) is 0 Å². The van der Waals surface area contributed by atoms with Crippen LogP contribution in [0.3, 0.4) is 0 Å². The summed E-state index contributed by atoms with van der Waals surface area (Å²) in [5.74, 6) is -0.477. The largest absolute Gasteiger partial charge is 0.460 e. The maximum Gasteiger partial charge on any atom is 0.379 e. The standard InChI is InChI=1S/C9H7ClN2O3S/c1-2-14-9(13)7-11-8(15-12-7)6-5(10)3-4-16-6/h3-4H,2H2,1H3. The van der Waals surface area contributed by atoms with Crippen molar-refractivity contribution in [2.45, 2.75) is 6.92 Å². The van der Waals surface area contributed by atoms with Gasteiger partial charge >= 0.3 is 5.97 Å². The van der Waals surface area contributed by atoms with Gasteiger partial charge in [0.25, 0.3) is 11.7 Å². The van der Waals surface area contributed by atoms with Crippen molar-refractivity contribution in [3.8, 4) is 10.8 Å². The average Bonchev–Trinajstić information content (AvgIpc) is 2.86. The molecule has 0 N–H and O–H groups in total. The van der Waals surface area contributed by atoms with Gasteiger partial charge in [0.2, 0.25) is 0 Å². The first-order valence-electron chi connectivity index (χ1n) is 4.46. The third kappa shape index (κ3) is 2.07. The van der Waals surface area contributed by atoms with Gasteiger partial charge in [-0.15, -0.1) is 11.3 Å². The minimum atomic E-state index is -0.606. The van der Waals surface area contributed by atoms with E-state index < -0.39 is 5.97 Å². The fraction of sp³-hybridized carbons (Fsp3) is 0.222. The van der Waals surface area contributed by atoms with Gasteiger partial charge in [-0.25, -0.2) is 4.79 Å². The Kier molecular flexibility index (Phi) is 3.21. The van der Waals surface area contributed by atoms with Crippen molar-refractivity contribution in [1.29, 1.82) is 0 Å². The molecule has 0 amide bonds. The maximum atomic E-state index is 11.3. The lowest BCUT2D eigenvalue weighted by Crippen LogP contribution is -2.06. The van der Waals surface area contributed by atoms with Gasteiger partial charge < -0.3 is 9.26 Å². The number of thiophene rings is 1. The van der Waals surface area contributed by atoms with Crippen LogP contribution in [0.25, 0.3) is 10.8 Å². The third-order valence-electron chi connectivity index (χ3n) is 1.70. The molecule has 7 heteroatoms. The van der Waals surface area contributed by atoms with Crippen LogP contribution in [0.5, 0.6) is 0 Å². The number of nitrogens with zero attached hydrogens (tertiary/aromatic N) is 2. The fourth-order valence-electron chi connectivity index (χ4n) is 1.04. The summed E-state index contributed by atoms with van der Waals surface area (Å²) < 4.78 is 9.66. The molecule has 0 aliphatic rings. The maximum absolute atomic E-state index is 11.3. The second-order valence-electron chi connectivity index (χ2n) is 2.74. The quantitative estimate of drug-likeness (QED) is 0.792. The number of carbonyl (C=O) groups excluding carboxylic acids is 1. The average molecular weight is 259 g/mol. The minimum absolute atomic E-state index is 0.0960. The highest BCUT2D eigenvalue weighted by atomic mass is 35.5. The minimum Gasteiger partial charge on any atom is -0.460 e. The molecule has 2 aromatic rings. The summed E-state index contributed by atoms with van der Waals surface area (Å²) in [5, 5.41) is 5.83.